The van der Waals surface area contributed by atoms with Crippen molar-refractivity contribution in [3.8, 4) is 0 Å². The highest BCUT2D eigenvalue weighted by Gasteiger charge is 2.33. The van der Waals surface area contributed by atoms with E-state index in [1.54, 1.807) is 0 Å². The highest BCUT2D eigenvalue weighted by atomic mass is 19.4. The Morgan fingerprint density at radius 1 is 1.29 bits per heavy atom. The molecule has 0 saturated carbocycles. The van der Waals surface area contributed by atoms with Crippen molar-refractivity contribution in [2.45, 2.75) is 30.9 Å². The van der Waals surface area contributed by atoms with Crippen molar-refractivity contribution in [2.24, 2.45) is 0 Å². The van der Waals surface area contributed by atoms with Gasteiger partial charge in [-0.05, 0) is 6.42 Å². The molecule has 1 amide bonds. The smallest absolute Gasteiger partial charge is 0.434 e. The third kappa shape index (κ3) is 6.14. The minimum atomic E-state index is -4.47. The number of nitrogens with zero attached hydrogens (tertiary/aromatic N) is 3. The van der Waals surface area contributed by atoms with Crippen molar-refractivity contribution in [3.63, 3.8) is 0 Å². The summed E-state index contributed by atoms with van der Waals surface area (Å²) in [5, 5.41) is 21.6. The number of alkyl halides is 3. The first-order chi connectivity index (χ1) is 13.2. The fourth-order valence-electron chi connectivity index (χ4n) is 2.16. The first-order valence-corrected chi connectivity index (χ1v) is 7.97. The molecule has 3 atom stereocenters. The van der Waals surface area contributed by atoms with Crippen molar-refractivity contribution in [1.82, 2.24) is 20.3 Å². The number of halogens is 3. The van der Waals surface area contributed by atoms with E-state index in [2.05, 4.69) is 20.3 Å². The molecule has 3 rings (SSSR count). The van der Waals surface area contributed by atoms with Crippen LogP contribution in [0.4, 0.5) is 19.0 Å². The lowest BCUT2D eigenvalue weighted by Gasteiger charge is -2.31. The van der Waals surface area contributed by atoms with E-state index in [1.807, 2.05) is 0 Å². The zero-order valence-corrected chi connectivity index (χ0v) is 14.3. The Kier molecular flexibility index (Phi) is 7.25. The fraction of sp³-hybridized carbons (Fsp3) is 0.467. The first kappa shape index (κ1) is 21.5. The molecule has 1 aliphatic rings. The van der Waals surface area contributed by atoms with Gasteiger partial charge < -0.3 is 30.4 Å². The van der Waals surface area contributed by atoms with Gasteiger partial charge in [0.1, 0.15) is 18.0 Å². The number of nitrogen functional groups attached to an aromatic ring is 1. The molecule has 154 valence electrons. The SMILES string of the molecule is Nc1cncc(C(F)(F)F)n1.O=C(NCC1OCCC(O)C1O)c1cnco1. The lowest BCUT2D eigenvalue weighted by atomic mass is 10.0. The van der Waals surface area contributed by atoms with Gasteiger partial charge in [0.05, 0.1) is 24.7 Å². The molecule has 0 aliphatic carbocycles. The number of anilines is 1. The molecule has 5 N–H and O–H groups in total. The molecule has 28 heavy (non-hydrogen) atoms. The summed E-state index contributed by atoms with van der Waals surface area (Å²) in [4.78, 5) is 21.4. The number of aromatic nitrogens is 3. The van der Waals surface area contributed by atoms with E-state index in [0.717, 1.165) is 12.6 Å². The van der Waals surface area contributed by atoms with Gasteiger partial charge in [-0.15, -0.1) is 0 Å². The lowest BCUT2D eigenvalue weighted by molar-refractivity contribution is -0.141. The molecule has 2 aromatic heterocycles. The average Bonchev–Trinajstić information content (AvgIpc) is 3.17. The molecule has 1 fully saturated rings. The third-order valence-corrected chi connectivity index (χ3v) is 3.58. The summed E-state index contributed by atoms with van der Waals surface area (Å²) in [5.74, 6) is -0.575. The third-order valence-electron chi connectivity index (χ3n) is 3.58. The topological polar surface area (TPSA) is 157 Å². The number of amides is 1. The van der Waals surface area contributed by atoms with Crippen molar-refractivity contribution >= 4 is 11.7 Å². The number of aliphatic hydroxyl groups is 2. The molecule has 1 saturated heterocycles. The monoisotopic (exact) mass is 405 g/mol. The van der Waals surface area contributed by atoms with Gasteiger partial charge in [0.25, 0.3) is 5.91 Å². The van der Waals surface area contributed by atoms with E-state index in [-0.39, 0.29) is 18.1 Å². The van der Waals surface area contributed by atoms with Gasteiger partial charge in [-0.1, -0.05) is 0 Å². The molecule has 3 heterocycles. The van der Waals surface area contributed by atoms with Crippen molar-refractivity contribution in [2.75, 3.05) is 18.9 Å². The summed E-state index contributed by atoms with van der Waals surface area (Å²) in [7, 11) is 0. The second-order valence-corrected chi connectivity index (χ2v) is 5.66. The summed E-state index contributed by atoms with van der Waals surface area (Å²) in [5.41, 5.74) is 3.91. The maximum atomic E-state index is 11.8. The number of nitrogens with one attached hydrogen (secondary N) is 1. The van der Waals surface area contributed by atoms with Crippen LogP contribution in [0, 0.1) is 0 Å². The Labute approximate surface area is 156 Å². The van der Waals surface area contributed by atoms with Gasteiger partial charge in [-0.3, -0.25) is 9.78 Å². The van der Waals surface area contributed by atoms with Gasteiger partial charge in [0.15, 0.2) is 12.1 Å². The van der Waals surface area contributed by atoms with E-state index in [9.17, 15) is 28.2 Å². The summed E-state index contributed by atoms with van der Waals surface area (Å²) < 4.78 is 45.5. The quantitative estimate of drug-likeness (QED) is 0.551. The number of hydrogen-bond acceptors (Lipinski definition) is 9. The molecule has 0 bridgehead atoms. The summed E-state index contributed by atoms with van der Waals surface area (Å²) in [6.07, 6.45) is -2.35. The maximum absolute atomic E-state index is 11.8. The second kappa shape index (κ2) is 9.43. The fourth-order valence-corrected chi connectivity index (χ4v) is 2.16. The van der Waals surface area contributed by atoms with Gasteiger partial charge >= 0.3 is 6.18 Å². The molecule has 3 unspecified atom stereocenters. The van der Waals surface area contributed by atoms with Crippen LogP contribution < -0.4 is 11.1 Å². The Bertz CT molecular complexity index is 759. The van der Waals surface area contributed by atoms with E-state index >= 15 is 0 Å². The van der Waals surface area contributed by atoms with Crippen molar-refractivity contribution < 1.29 is 37.3 Å². The first-order valence-electron chi connectivity index (χ1n) is 7.97. The van der Waals surface area contributed by atoms with Crippen LogP contribution in [0.1, 0.15) is 22.7 Å². The highest BCUT2D eigenvalue weighted by molar-refractivity contribution is 5.90. The Morgan fingerprint density at radius 3 is 2.61 bits per heavy atom. The zero-order valence-electron chi connectivity index (χ0n) is 14.3. The molecular weight excluding hydrogens is 387 g/mol. The van der Waals surface area contributed by atoms with E-state index in [0.29, 0.717) is 19.2 Å². The predicted octanol–water partition coefficient (Wildman–Crippen LogP) is -0.00730. The molecule has 2 aromatic rings. The van der Waals surface area contributed by atoms with Crippen LogP contribution in [0.2, 0.25) is 0 Å². The zero-order chi connectivity index (χ0) is 20.7. The van der Waals surface area contributed by atoms with Gasteiger partial charge in [-0.25, -0.2) is 9.97 Å². The Hall–Kier alpha value is -2.77. The second-order valence-electron chi connectivity index (χ2n) is 5.66. The predicted molar refractivity (Wildman–Crippen MR) is 86.7 cm³/mol. The van der Waals surface area contributed by atoms with Gasteiger partial charge in [-0.2, -0.15) is 13.2 Å². The molecular formula is C15H18F3N5O5. The van der Waals surface area contributed by atoms with Crippen LogP contribution in [-0.4, -0.2) is 62.5 Å². The van der Waals surface area contributed by atoms with Crippen molar-refractivity contribution in [3.05, 3.63) is 36.4 Å². The number of carbonyl (C=O) groups excluding carboxylic acids is 1. The van der Waals surface area contributed by atoms with Crippen LogP contribution >= 0.6 is 0 Å². The van der Waals surface area contributed by atoms with Crippen LogP contribution in [-0.2, 0) is 10.9 Å². The number of nitrogens with two attached hydrogens (primary N) is 1. The number of oxazole rings is 1. The highest BCUT2D eigenvalue weighted by Crippen LogP contribution is 2.26. The van der Waals surface area contributed by atoms with Gasteiger partial charge in [0, 0.05) is 13.2 Å². The maximum Gasteiger partial charge on any atom is 0.434 e. The Balaban J connectivity index is 0.000000221. The van der Waals surface area contributed by atoms with Crippen LogP contribution in [0.5, 0.6) is 0 Å². The van der Waals surface area contributed by atoms with E-state index in [1.165, 1.54) is 6.20 Å². The molecule has 0 spiro atoms. The van der Waals surface area contributed by atoms with Crippen LogP contribution in [0.3, 0.4) is 0 Å². The molecule has 0 radical (unpaired) electrons. The minimum absolute atomic E-state index is 0.0934. The van der Waals surface area contributed by atoms with Crippen LogP contribution in [0.15, 0.2) is 29.4 Å². The number of rotatable bonds is 3. The summed E-state index contributed by atoms with van der Waals surface area (Å²) >= 11 is 0. The standard InChI is InChI=1S/C10H14N2O5.C5H4F3N3/c13-6-1-2-16-7(9(6)14)4-12-10(15)8-3-11-5-17-8;6-5(7,8)3-1-10-2-4(9)11-3/h3,5-7,9,13-14H,1-2,4H2,(H,12,15);1-2H,(H2,9,11). The molecule has 1 aliphatic heterocycles. The van der Waals surface area contributed by atoms with E-state index in [4.69, 9.17) is 14.9 Å². The molecule has 10 nitrogen and oxygen atoms in total. The Morgan fingerprint density at radius 2 is 2.04 bits per heavy atom. The number of ether oxygens (including phenoxy) is 1. The number of carbonyl (C=O) groups is 1. The average molecular weight is 405 g/mol. The summed E-state index contributed by atoms with van der Waals surface area (Å²) in [6, 6.07) is 0. The van der Waals surface area contributed by atoms with Crippen molar-refractivity contribution in [1.29, 1.82) is 0 Å². The summed E-state index contributed by atoms with van der Waals surface area (Å²) in [6.45, 7) is 0.471. The van der Waals surface area contributed by atoms with Crippen LogP contribution in [0.25, 0.3) is 0 Å². The minimum Gasteiger partial charge on any atom is -0.438 e. The van der Waals surface area contributed by atoms with Gasteiger partial charge in [0.2, 0.25) is 5.76 Å². The number of hydrogen-bond donors (Lipinski definition) is 4. The number of aliphatic hydroxyl groups excluding tert-OH is 2. The normalized spacial score (nSPS) is 22.1. The molecule has 13 heteroatoms. The van der Waals surface area contributed by atoms with E-state index < -0.39 is 36.1 Å². The largest absolute Gasteiger partial charge is 0.438 e. The lowest BCUT2D eigenvalue weighted by Crippen LogP contribution is -2.49. The molecule has 0 aromatic carbocycles.